The van der Waals surface area contributed by atoms with Crippen LogP contribution in [-0.2, 0) is 9.53 Å². The zero-order valence-corrected chi connectivity index (χ0v) is 11.6. The lowest BCUT2D eigenvalue weighted by atomic mass is 9.84. The van der Waals surface area contributed by atoms with Gasteiger partial charge in [-0.3, -0.25) is 4.79 Å². The molecule has 0 aliphatic heterocycles. The highest BCUT2D eigenvalue weighted by atomic mass is 16.5. The van der Waals surface area contributed by atoms with Crippen LogP contribution in [0.2, 0.25) is 0 Å². The number of hydrogen-bond acceptors (Lipinski definition) is 3. The van der Waals surface area contributed by atoms with Gasteiger partial charge < -0.3 is 15.8 Å². The first-order chi connectivity index (χ1) is 8.54. The number of ether oxygens (including phenoxy) is 1. The minimum atomic E-state index is -0.457. The van der Waals surface area contributed by atoms with E-state index in [1.807, 2.05) is 13.8 Å². The van der Waals surface area contributed by atoms with Crippen molar-refractivity contribution in [2.24, 2.45) is 11.7 Å². The average Bonchev–Trinajstić information content (AvgIpc) is 2.99. The summed E-state index contributed by atoms with van der Waals surface area (Å²) in [6, 6.07) is 0.518. The number of rotatable bonds is 7. The monoisotopic (exact) mass is 254 g/mol. The molecule has 2 aliphatic rings. The number of nitrogens with one attached hydrogen (secondary N) is 1. The highest BCUT2D eigenvalue weighted by molar-refractivity contribution is 5.85. The van der Waals surface area contributed by atoms with Crippen molar-refractivity contribution in [3.05, 3.63) is 0 Å². The largest absolute Gasteiger partial charge is 0.379 e. The van der Waals surface area contributed by atoms with Crippen LogP contribution >= 0.6 is 0 Å². The Labute approximate surface area is 110 Å². The second kappa shape index (κ2) is 5.57. The first-order valence-corrected chi connectivity index (χ1v) is 7.24. The Kier molecular flexibility index (Phi) is 4.28. The summed E-state index contributed by atoms with van der Waals surface area (Å²) in [5, 5.41) is 3.52. The minimum Gasteiger partial charge on any atom is -0.379 e. The maximum absolute atomic E-state index is 11.9. The summed E-state index contributed by atoms with van der Waals surface area (Å²) in [5.74, 6) is 0.177. The molecular weight excluding hydrogens is 228 g/mol. The SMILES string of the molecule is CC(C)OCCC1CCCC1(NC1CC1)C(N)=O. The quantitative estimate of drug-likeness (QED) is 0.725. The molecule has 0 bridgehead atoms. The van der Waals surface area contributed by atoms with E-state index in [4.69, 9.17) is 10.5 Å². The summed E-state index contributed by atoms with van der Waals surface area (Å²) in [6.07, 6.45) is 6.63. The Hall–Kier alpha value is -0.610. The lowest BCUT2D eigenvalue weighted by molar-refractivity contribution is -0.126. The Morgan fingerprint density at radius 3 is 2.72 bits per heavy atom. The maximum atomic E-state index is 11.9. The van der Waals surface area contributed by atoms with Gasteiger partial charge in [0.05, 0.1) is 6.10 Å². The smallest absolute Gasteiger partial charge is 0.238 e. The molecule has 2 saturated carbocycles. The summed E-state index contributed by atoms with van der Waals surface area (Å²) in [7, 11) is 0. The fraction of sp³-hybridized carbons (Fsp3) is 0.929. The summed E-state index contributed by atoms with van der Waals surface area (Å²) in [6.45, 7) is 4.81. The van der Waals surface area contributed by atoms with Crippen LogP contribution in [0.5, 0.6) is 0 Å². The molecule has 1 amide bonds. The molecule has 2 aliphatic carbocycles. The third-order valence-electron chi connectivity index (χ3n) is 4.22. The van der Waals surface area contributed by atoms with Gasteiger partial charge in [0.25, 0.3) is 0 Å². The second-order valence-electron chi connectivity index (χ2n) is 6.05. The fourth-order valence-corrected chi connectivity index (χ4v) is 3.09. The first-order valence-electron chi connectivity index (χ1n) is 7.24. The van der Waals surface area contributed by atoms with Gasteiger partial charge in [0.1, 0.15) is 5.54 Å². The van der Waals surface area contributed by atoms with Gasteiger partial charge in [-0.15, -0.1) is 0 Å². The van der Waals surface area contributed by atoms with Crippen LogP contribution in [0.15, 0.2) is 0 Å². The van der Waals surface area contributed by atoms with Crippen LogP contribution in [0, 0.1) is 5.92 Å². The van der Waals surface area contributed by atoms with Crippen molar-refractivity contribution in [3.63, 3.8) is 0 Å². The average molecular weight is 254 g/mol. The van der Waals surface area contributed by atoms with Gasteiger partial charge in [0.15, 0.2) is 0 Å². The van der Waals surface area contributed by atoms with E-state index < -0.39 is 5.54 Å². The molecule has 18 heavy (non-hydrogen) atoms. The highest BCUT2D eigenvalue weighted by Gasteiger charge is 2.49. The third kappa shape index (κ3) is 3.04. The molecule has 0 saturated heterocycles. The number of primary amides is 1. The van der Waals surface area contributed by atoms with E-state index in [1.165, 1.54) is 12.8 Å². The first kappa shape index (κ1) is 13.8. The van der Waals surface area contributed by atoms with Crippen molar-refractivity contribution >= 4 is 5.91 Å². The van der Waals surface area contributed by atoms with E-state index in [1.54, 1.807) is 0 Å². The predicted molar refractivity (Wildman–Crippen MR) is 71.1 cm³/mol. The van der Waals surface area contributed by atoms with E-state index >= 15 is 0 Å². The molecule has 2 rings (SSSR count). The van der Waals surface area contributed by atoms with Crippen molar-refractivity contribution in [2.75, 3.05) is 6.61 Å². The zero-order chi connectivity index (χ0) is 13.2. The Morgan fingerprint density at radius 1 is 1.44 bits per heavy atom. The van der Waals surface area contributed by atoms with Gasteiger partial charge in [-0.25, -0.2) is 0 Å². The van der Waals surface area contributed by atoms with Gasteiger partial charge in [-0.05, 0) is 51.9 Å². The van der Waals surface area contributed by atoms with E-state index in [-0.39, 0.29) is 12.0 Å². The van der Waals surface area contributed by atoms with Gasteiger partial charge in [0, 0.05) is 12.6 Å². The molecule has 0 spiro atoms. The van der Waals surface area contributed by atoms with Gasteiger partial charge in [-0.1, -0.05) is 6.42 Å². The molecule has 104 valence electrons. The van der Waals surface area contributed by atoms with Crippen LogP contribution < -0.4 is 11.1 Å². The summed E-state index contributed by atoms with van der Waals surface area (Å²) < 4.78 is 5.62. The molecule has 0 aromatic carbocycles. The predicted octanol–water partition coefficient (Wildman–Crippen LogP) is 1.58. The Balaban J connectivity index is 1.95. The summed E-state index contributed by atoms with van der Waals surface area (Å²) in [5.41, 5.74) is 5.23. The topological polar surface area (TPSA) is 64.3 Å². The van der Waals surface area contributed by atoms with E-state index in [0.717, 1.165) is 32.3 Å². The molecule has 2 atom stereocenters. The molecule has 4 heteroatoms. The van der Waals surface area contributed by atoms with E-state index in [9.17, 15) is 4.79 Å². The van der Waals surface area contributed by atoms with Crippen LogP contribution in [-0.4, -0.2) is 30.2 Å². The number of nitrogens with two attached hydrogens (primary N) is 1. The summed E-state index contributed by atoms with van der Waals surface area (Å²) in [4.78, 5) is 11.9. The Bertz CT molecular complexity index is 302. The molecule has 0 aromatic rings. The lowest BCUT2D eigenvalue weighted by Gasteiger charge is -2.34. The molecule has 2 fully saturated rings. The van der Waals surface area contributed by atoms with Crippen LogP contribution in [0.25, 0.3) is 0 Å². The maximum Gasteiger partial charge on any atom is 0.238 e. The van der Waals surface area contributed by atoms with Crippen molar-refractivity contribution in [1.29, 1.82) is 0 Å². The normalized spacial score (nSPS) is 32.1. The van der Waals surface area contributed by atoms with E-state index in [2.05, 4.69) is 5.32 Å². The number of carbonyl (C=O) groups is 1. The molecular formula is C14H26N2O2. The second-order valence-corrected chi connectivity index (χ2v) is 6.05. The van der Waals surface area contributed by atoms with Crippen LogP contribution in [0.4, 0.5) is 0 Å². The summed E-state index contributed by atoms with van der Waals surface area (Å²) >= 11 is 0. The van der Waals surface area contributed by atoms with Gasteiger partial charge in [0.2, 0.25) is 5.91 Å². The highest BCUT2D eigenvalue weighted by Crippen LogP contribution is 2.40. The number of carbonyl (C=O) groups excluding carboxylic acids is 1. The molecule has 3 N–H and O–H groups in total. The van der Waals surface area contributed by atoms with Crippen molar-refractivity contribution < 1.29 is 9.53 Å². The number of amides is 1. The fourth-order valence-electron chi connectivity index (χ4n) is 3.09. The molecule has 4 nitrogen and oxygen atoms in total. The third-order valence-corrected chi connectivity index (χ3v) is 4.22. The molecule has 0 heterocycles. The van der Waals surface area contributed by atoms with Gasteiger partial charge in [-0.2, -0.15) is 0 Å². The van der Waals surface area contributed by atoms with Crippen LogP contribution in [0.1, 0.15) is 52.4 Å². The minimum absolute atomic E-state index is 0.165. The molecule has 0 radical (unpaired) electrons. The van der Waals surface area contributed by atoms with Gasteiger partial charge >= 0.3 is 0 Å². The molecule has 0 aromatic heterocycles. The van der Waals surface area contributed by atoms with Crippen molar-refractivity contribution in [2.45, 2.75) is 70.1 Å². The van der Waals surface area contributed by atoms with Crippen molar-refractivity contribution in [3.8, 4) is 0 Å². The lowest BCUT2D eigenvalue weighted by Crippen LogP contribution is -2.58. The van der Waals surface area contributed by atoms with Crippen molar-refractivity contribution in [1.82, 2.24) is 5.32 Å². The van der Waals surface area contributed by atoms with Crippen LogP contribution in [0.3, 0.4) is 0 Å². The standard InChI is InChI=1S/C14H26N2O2/c1-10(2)18-9-7-11-4-3-8-14(11,13(15)17)16-12-5-6-12/h10-12,16H,3-9H2,1-2H3,(H2,15,17). The zero-order valence-electron chi connectivity index (χ0n) is 11.6. The van der Waals surface area contributed by atoms with E-state index in [0.29, 0.717) is 12.0 Å². The molecule has 2 unspecified atom stereocenters. The number of hydrogen-bond donors (Lipinski definition) is 2. The Morgan fingerprint density at radius 2 is 2.17 bits per heavy atom.